The Morgan fingerprint density at radius 1 is 1.27 bits per heavy atom. The molecule has 1 aromatic rings. The molecular weight excluding hydrogens is 198 g/mol. The first-order valence-corrected chi connectivity index (χ1v) is 5.12. The third-order valence-electron chi connectivity index (χ3n) is 3.31. The van der Waals surface area contributed by atoms with E-state index in [2.05, 4.69) is 0 Å². The minimum Gasteiger partial charge on any atom is -0.496 e. The lowest BCUT2D eigenvalue weighted by atomic mass is 9.64. The molecule has 1 saturated carbocycles. The molecular formula is C12H14F2O. The van der Waals surface area contributed by atoms with Crippen LogP contribution in [0.3, 0.4) is 0 Å². The van der Waals surface area contributed by atoms with Crippen LogP contribution in [0.25, 0.3) is 0 Å². The monoisotopic (exact) mass is 212 g/mol. The standard InChI is InChI=1S/C12H14F2O/c1-15-10-6-3-2-5-9(10)12(11(13)14)7-4-8-12/h2-3,5-6,11H,4,7-8H2,1H3. The van der Waals surface area contributed by atoms with Gasteiger partial charge in [-0.2, -0.15) is 0 Å². The first-order chi connectivity index (χ1) is 7.20. The second-order valence-electron chi connectivity index (χ2n) is 4.01. The second kappa shape index (κ2) is 3.80. The van der Waals surface area contributed by atoms with Crippen molar-refractivity contribution >= 4 is 0 Å². The van der Waals surface area contributed by atoms with Gasteiger partial charge in [0.1, 0.15) is 5.75 Å². The van der Waals surface area contributed by atoms with Crippen LogP contribution < -0.4 is 4.74 Å². The molecule has 0 spiro atoms. The lowest BCUT2D eigenvalue weighted by Gasteiger charge is -2.42. The average molecular weight is 212 g/mol. The van der Waals surface area contributed by atoms with Crippen LogP contribution in [0.4, 0.5) is 8.78 Å². The number of halogens is 2. The van der Waals surface area contributed by atoms with E-state index >= 15 is 0 Å². The quantitative estimate of drug-likeness (QED) is 0.746. The minimum absolute atomic E-state index is 0.561. The molecule has 1 aliphatic carbocycles. The summed E-state index contributed by atoms with van der Waals surface area (Å²) in [7, 11) is 1.52. The van der Waals surface area contributed by atoms with Crippen molar-refractivity contribution in [1.82, 2.24) is 0 Å². The summed E-state index contributed by atoms with van der Waals surface area (Å²) in [6.07, 6.45) is -0.305. The molecule has 0 heterocycles. The predicted molar refractivity (Wildman–Crippen MR) is 54.5 cm³/mol. The zero-order valence-corrected chi connectivity index (χ0v) is 8.67. The molecule has 0 aliphatic heterocycles. The maximum Gasteiger partial charge on any atom is 0.248 e. The number of para-hydroxylation sites is 1. The topological polar surface area (TPSA) is 9.23 Å². The van der Waals surface area contributed by atoms with E-state index in [1.165, 1.54) is 7.11 Å². The number of rotatable bonds is 3. The van der Waals surface area contributed by atoms with Crippen LogP contribution in [0.2, 0.25) is 0 Å². The van der Waals surface area contributed by atoms with Crippen LogP contribution in [-0.4, -0.2) is 13.5 Å². The molecule has 1 fully saturated rings. The van der Waals surface area contributed by atoms with Gasteiger partial charge in [-0.15, -0.1) is 0 Å². The highest BCUT2D eigenvalue weighted by molar-refractivity contribution is 5.41. The van der Waals surface area contributed by atoms with E-state index in [-0.39, 0.29) is 0 Å². The van der Waals surface area contributed by atoms with E-state index in [0.29, 0.717) is 24.2 Å². The summed E-state index contributed by atoms with van der Waals surface area (Å²) < 4.78 is 31.3. The maximum atomic E-state index is 13.1. The SMILES string of the molecule is COc1ccccc1C1(C(F)F)CCC1. The van der Waals surface area contributed by atoms with Crippen LogP contribution in [0.15, 0.2) is 24.3 Å². The molecule has 0 radical (unpaired) electrons. The van der Waals surface area contributed by atoms with Crippen LogP contribution >= 0.6 is 0 Å². The largest absolute Gasteiger partial charge is 0.496 e. The number of benzene rings is 1. The van der Waals surface area contributed by atoms with Gasteiger partial charge in [-0.05, 0) is 18.9 Å². The Bertz CT molecular complexity index is 345. The Morgan fingerprint density at radius 2 is 1.93 bits per heavy atom. The first kappa shape index (κ1) is 10.4. The zero-order chi connectivity index (χ0) is 10.9. The Kier molecular flexibility index (Phi) is 2.63. The smallest absolute Gasteiger partial charge is 0.248 e. The predicted octanol–water partition coefficient (Wildman–Crippen LogP) is 3.38. The Morgan fingerprint density at radius 3 is 2.40 bits per heavy atom. The highest BCUT2D eigenvalue weighted by Gasteiger charge is 2.48. The molecule has 0 N–H and O–H groups in total. The maximum absolute atomic E-state index is 13.1. The Hall–Kier alpha value is -1.12. The summed E-state index contributed by atoms with van der Waals surface area (Å²) in [5.74, 6) is 0.581. The lowest BCUT2D eigenvalue weighted by Crippen LogP contribution is -2.41. The van der Waals surface area contributed by atoms with Crippen molar-refractivity contribution in [2.45, 2.75) is 31.1 Å². The lowest BCUT2D eigenvalue weighted by molar-refractivity contribution is -0.000520. The Labute approximate surface area is 88.1 Å². The van der Waals surface area contributed by atoms with Gasteiger partial charge in [-0.25, -0.2) is 8.78 Å². The number of hydrogen-bond donors (Lipinski definition) is 0. The summed E-state index contributed by atoms with van der Waals surface area (Å²) in [5, 5.41) is 0. The molecule has 82 valence electrons. The summed E-state index contributed by atoms with van der Waals surface area (Å²) >= 11 is 0. The van der Waals surface area contributed by atoms with E-state index in [4.69, 9.17) is 4.74 Å². The second-order valence-corrected chi connectivity index (χ2v) is 4.01. The summed E-state index contributed by atoms with van der Waals surface area (Å²) in [4.78, 5) is 0. The molecule has 0 atom stereocenters. The van der Waals surface area contributed by atoms with Crippen molar-refractivity contribution in [3.63, 3.8) is 0 Å². The van der Waals surface area contributed by atoms with Crippen molar-refractivity contribution in [3.8, 4) is 5.75 Å². The summed E-state index contributed by atoms with van der Waals surface area (Å²) in [6, 6.07) is 7.10. The average Bonchev–Trinajstić information content (AvgIpc) is 2.16. The normalized spacial score (nSPS) is 18.7. The minimum atomic E-state index is -2.30. The molecule has 15 heavy (non-hydrogen) atoms. The van der Waals surface area contributed by atoms with E-state index in [9.17, 15) is 8.78 Å². The molecule has 0 amide bonds. The fraction of sp³-hybridized carbons (Fsp3) is 0.500. The molecule has 0 saturated heterocycles. The van der Waals surface area contributed by atoms with E-state index in [1.54, 1.807) is 24.3 Å². The van der Waals surface area contributed by atoms with Crippen LogP contribution in [0.5, 0.6) is 5.75 Å². The van der Waals surface area contributed by atoms with Gasteiger partial charge in [0.2, 0.25) is 6.43 Å². The fourth-order valence-corrected chi connectivity index (χ4v) is 2.22. The highest BCUT2D eigenvalue weighted by Crippen LogP contribution is 2.50. The molecule has 0 unspecified atom stereocenters. The zero-order valence-electron chi connectivity index (χ0n) is 8.67. The molecule has 1 aromatic carbocycles. The molecule has 2 rings (SSSR count). The van der Waals surface area contributed by atoms with Gasteiger partial charge < -0.3 is 4.74 Å². The molecule has 1 aliphatic rings. The number of alkyl halides is 2. The Balaban J connectivity index is 2.42. The third-order valence-corrected chi connectivity index (χ3v) is 3.31. The van der Waals surface area contributed by atoms with E-state index in [0.717, 1.165) is 6.42 Å². The fourth-order valence-electron chi connectivity index (χ4n) is 2.22. The van der Waals surface area contributed by atoms with E-state index < -0.39 is 11.8 Å². The van der Waals surface area contributed by atoms with Crippen molar-refractivity contribution in [3.05, 3.63) is 29.8 Å². The van der Waals surface area contributed by atoms with Gasteiger partial charge in [-0.1, -0.05) is 24.6 Å². The molecule has 0 aromatic heterocycles. The molecule has 1 nitrogen and oxygen atoms in total. The van der Waals surface area contributed by atoms with Crippen LogP contribution in [-0.2, 0) is 5.41 Å². The number of methoxy groups -OCH3 is 1. The molecule has 3 heteroatoms. The van der Waals surface area contributed by atoms with Crippen molar-refractivity contribution in [2.75, 3.05) is 7.11 Å². The van der Waals surface area contributed by atoms with Crippen molar-refractivity contribution in [2.24, 2.45) is 0 Å². The number of ether oxygens (including phenoxy) is 1. The van der Waals surface area contributed by atoms with Crippen LogP contribution in [0.1, 0.15) is 24.8 Å². The van der Waals surface area contributed by atoms with Crippen molar-refractivity contribution in [1.29, 1.82) is 0 Å². The van der Waals surface area contributed by atoms with Crippen LogP contribution in [0, 0.1) is 0 Å². The van der Waals surface area contributed by atoms with E-state index in [1.807, 2.05) is 0 Å². The number of hydrogen-bond acceptors (Lipinski definition) is 1. The van der Waals surface area contributed by atoms with Gasteiger partial charge in [0, 0.05) is 5.56 Å². The summed E-state index contributed by atoms with van der Waals surface area (Å²) in [5.41, 5.74) is -0.291. The first-order valence-electron chi connectivity index (χ1n) is 5.12. The van der Waals surface area contributed by atoms with Crippen molar-refractivity contribution < 1.29 is 13.5 Å². The van der Waals surface area contributed by atoms with Gasteiger partial charge in [0.05, 0.1) is 12.5 Å². The van der Waals surface area contributed by atoms with Gasteiger partial charge in [-0.3, -0.25) is 0 Å². The van der Waals surface area contributed by atoms with Gasteiger partial charge in [0.25, 0.3) is 0 Å². The highest BCUT2D eigenvalue weighted by atomic mass is 19.3. The molecule has 0 bridgehead atoms. The third kappa shape index (κ3) is 1.50. The van der Waals surface area contributed by atoms with Gasteiger partial charge >= 0.3 is 0 Å². The van der Waals surface area contributed by atoms with Gasteiger partial charge in [0.15, 0.2) is 0 Å². The summed E-state index contributed by atoms with van der Waals surface area (Å²) in [6.45, 7) is 0.